The summed E-state index contributed by atoms with van der Waals surface area (Å²) in [7, 11) is 0. The number of rotatable bonds is 3. The molecule has 3 aromatic rings. The van der Waals surface area contributed by atoms with Crippen LogP contribution in [0.5, 0.6) is 0 Å². The molecule has 0 bridgehead atoms. The predicted octanol–water partition coefficient (Wildman–Crippen LogP) is 9.51. The summed E-state index contributed by atoms with van der Waals surface area (Å²) >= 11 is 30.4. The third-order valence-electron chi connectivity index (χ3n) is 3.43. The highest BCUT2D eigenvalue weighted by atomic mass is 79.9. The molecular formula is C21H15Br4Cl3O2. The Hall–Kier alpha value is 0.0800. The molecule has 0 saturated heterocycles. The van der Waals surface area contributed by atoms with Gasteiger partial charge in [0.15, 0.2) is 6.29 Å². The minimum Gasteiger partial charge on any atom is -0.392 e. The van der Waals surface area contributed by atoms with Gasteiger partial charge >= 0.3 is 0 Å². The Morgan fingerprint density at radius 2 is 1.17 bits per heavy atom. The molecule has 0 aliphatic heterocycles. The molecule has 2 nitrogen and oxygen atoms in total. The molecule has 1 N–H and O–H groups in total. The number of hydrogen-bond acceptors (Lipinski definition) is 2. The van der Waals surface area contributed by atoms with Gasteiger partial charge in [-0.1, -0.05) is 111 Å². The van der Waals surface area contributed by atoms with E-state index in [2.05, 4.69) is 63.7 Å². The van der Waals surface area contributed by atoms with E-state index in [1.807, 2.05) is 24.3 Å². The molecule has 30 heavy (non-hydrogen) atoms. The molecule has 0 atom stereocenters. The maximum absolute atomic E-state index is 10.2. The van der Waals surface area contributed by atoms with Crippen LogP contribution in [0.3, 0.4) is 0 Å². The summed E-state index contributed by atoms with van der Waals surface area (Å²) in [6, 6.07) is 16.4. The normalized spacial score (nSPS) is 9.73. The van der Waals surface area contributed by atoms with Gasteiger partial charge < -0.3 is 5.11 Å². The molecular weight excluding hydrogens is 710 g/mol. The van der Waals surface area contributed by atoms with Gasteiger partial charge in [0.2, 0.25) is 0 Å². The van der Waals surface area contributed by atoms with E-state index in [4.69, 9.17) is 39.9 Å². The lowest BCUT2D eigenvalue weighted by Crippen LogP contribution is -1.82. The molecule has 0 aromatic heterocycles. The molecule has 0 heterocycles. The van der Waals surface area contributed by atoms with Crippen molar-refractivity contribution in [1.29, 1.82) is 0 Å². The molecule has 0 amide bonds. The van der Waals surface area contributed by atoms with Crippen molar-refractivity contribution < 1.29 is 9.90 Å². The summed E-state index contributed by atoms with van der Waals surface area (Å²) in [5, 5.41) is 11.4. The van der Waals surface area contributed by atoms with Gasteiger partial charge in [-0.3, -0.25) is 4.79 Å². The van der Waals surface area contributed by atoms with E-state index in [1.165, 1.54) is 0 Å². The third kappa shape index (κ3) is 10.1. The van der Waals surface area contributed by atoms with Crippen molar-refractivity contribution in [3.63, 3.8) is 0 Å². The maximum Gasteiger partial charge on any atom is 0.151 e. The Kier molecular flexibility index (Phi) is 14.1. The Morgan fingerprint density at radius 3 is 1.53 bits per heavy atom. The van der Waals surface area contributed by atoms with Crippen molar-refractivity contribution in [2.45, 2.75) is 11.9 Å². The number of carbonyl (C=O) groups excluding carboxylic acids is 1. The van der Waals surface area contributed by atoms with Gasteiger partial charge in [0.1, 0.15) is 0 Å². The van der Waals surface area contributed by atoms with Gasteiger partial charge in [-0.15, -0.1) is 0 Å². The highest BCUT2D eigenvalue weighted by molar-refractivity contribution is 9.11. The van der Waals surface area contributed by atoms with Crippen molar-refractivity contribution in [3.05, 3.63) is 99.8 Å². The Balaban J connectivity index is 0.000000225. The molecule has 0 unspecified atom stereocenters. The van der Waals surface area contributed by atoms with Crippen LogP contribution >= 0.6 is 98.5 Å². The first-order valence-corrected chi connectivity index (χ1v) is 12.8. The molecule has 0 aliphatic carbocycles. The number of hydrogen-bond donors (Lipinski definition) is 1. The molecule has 0 saturated carbocycles. The summed E-state index contributed by atoms with van der Waals surface area (Å²) < 4.78 is 2.82. The van der Waals surface area contributed by atoms with Crippen molar-refractivity contribution in [2.75, 3.05) is 0 Å². The third-order valence-corrected chi connectivity index (χ3v) is 6.55. The Morgan fingerprint density at radius 1 is 0.733 bits per heavy atom. The molecule has 0 aliphatic rings. The summed E-state index contributed by atoms with van der Waals surface area (Å²) in [6.45, 7) is -0.00782. The first-order valence-electron chi connectivity index (χ1n) is 8.16. The summed E-state index contributed by atoms with van der Waals surface area (Å²) in [4.78, 5) is 10.2. The van der Waals surface area contributed by atoms with E-state index in [1.54, 1.807) is 30.3 Å². The molecule has 0 fully saturated rings. The van der Waals surface area contributed by atoms with Crippen LogP contribution < -0.4 is 0 Å². The fraction of sp³-hybridized carbons (Fsp3) is 0.0952. The molecule has 3 aromatic carbocycles. The lowest BCUT2D eigenvalue weighted by atomic mass is 10.2. The average Bonchev–Trinajstić information content (AvgIpc) is 2.69. The van der Waals surface area contributed by atoms with Crippen LogP contribution in [-0.2, 0) is 11.9 Å². The van der Waals surface area contributed by atoms with E-state index in [0.717, 1.165) is 41.2 Å². The topological polar surface area (TPSA) is 37.3 Å². The quantitative estimate of drug-likeness (QED) is 0.216. The van der Waals surface area contributed by atoms with E-state index < -0.39 is 0 Å². The van der Waals surface area contributed by atoms with Crippen molar-refractivity contribution >= 4 is 105 Å². The second-order valence-corrected chi connectivity index (χ2v) is 10.1. The number of alkyl halides is 1. The van der Waals surface area contributed by atoms with Gasteiger partial charge in [-0.25, -0.2) is 0 Å². The van der Waals surface area contributed by atoms with Gasteiger partial charge in [0.25, 0.3) is 0 Å². The van der Waals surface area contributed by atoms with E-state index >= 15 is 0 Å². The zero-order valence-electron chi connectivity index (χ0n) is 15.2. The van der Waals surface area contributed by atoms with Crippen molar-refractivity contribution in [2.24, 2.45) is 0 Å². The molecule has 0 spiro atoms. The van der Waals surface area contributed by atoms with Crippen LogP contribution in [0.15, 0.2) is 68.0 Å². The lowest BCUT2D eigenvalue weighted by Gasteiger charge is -1.98. The number of halogens is 7. The highest BCUT2D eigenvalue weighted by Gasteiger charge is 1.98. The van der Waals surface area contributed by atoms with Crippen molar-refractivity contribution in [3.8, 4) is 0 Å². The van der Waals surface area contributed by atoms with Crippen molar-refractivity contribution in [1.82, 2.24) is 0 Å². The van der Waals surface area contributed by atoms with E-state index in [9.17, 15) is 4.79 Å². The second kappa shape index (κ2) is 15.0. The Labute approximate surface area is 224 Å². The summed E-state index contributed by atoms with van der Waals surface area (Å²) in [6.07, 6.45) is 0.731. The molecule has 9 heteroatoms. The second-order valence-electron chi connectivity index (χ2n) is 5.55. The fourth-order valence-electron chi connectivity index (χ4n) is 1.88. The van der Waals surface area contributed by atoms with E-state index in [0.29, 0.717) is 15.6 Å². The molecule has 3 rings (SSSR count). The van der Waals surface area contributed by atoms with Crippen LogP contribution in [0.2, 0.25) is 15.1 Å². The minimum atomic E-state index is -0.00782. The predicted molar refractivity (Wildman–Crippen MR) is 141 cm³/mol. The summed E-state index contributed by atoms with van der Waals surface area (Å²) in [5.41, 5.74) is 2.39. The van der Waals surface area contributed by atoms with Gasteiger partial charge in [-0.2, -0.15) is 0 Å². The van der Waals surface area contributed by atoms with Gasteiger partial charge in [-0.05, 0) is 53.6 Å². The van der Waals surface area contributed by atoms with Gasteiger partial charge in [0, 0.05) is 34.4 Å². The standard InChI is InChI=1S/C7H5Br2Cl.C7H6BrClO.C7H4BrClO/c8-4-5-1-2-6(9)3-7(5)10;2*8-6-2-1-5(4-10)7(9)3-6/h1-3H,4H2;1-3,10H,4H2;1-4H. The highest BCUT2D eigenvalue weighted by Crippen LogP contribution is 2.23. The van der Waals surface area contributed by atoms with Crippen LogP contribution in [-0.4, -0.2) is 11.4 Å². The number of benzene rings is 3. The zero-order chi connectivity index (χ0) is 22.7. The molecule has 160 valence electrons. The first-order chi connectivity index (χ1) is 14.2. The number of aldehydes is 1. The van der Waals surface area contributed by atoms with E-state index in [-0.39, 0.29) is 6.61 Å². The smallest absolute Gasteiger partial charge is 0.151 e. The number of carbonyl (C=O) groups is 1. The maximum atomic E-state index is 10.2. The molecule has 0 radical (unpaired) electrons. The van der Waals surface area contributed by atoms with Crippen LogP contribution in [0.1, 0.15) is 21.5 Å². The zero-order valence-corrected chi connectivity index (χ0v) is 23.8. The van der Waals surface area contributed by atoms with Crippen LogP contribution in [0.25, 0.3) is 0 Å². The number of aliphatic hydroxyl groups is 1. The average molecular weight is 725 g/mol. The van der Waals surface area contributed by atoms with Crippen LogP contribution in [0.4, 0.5) is 0 Å². The number of aliphatic hydroxyl groups excluding tert-OH is 1. The SMILES string of the molecule is Clc1cc(Br)ccc1CBr.O=Cc1ccc(Br)cc1Cl.OCc1ccc(Br)cc1Cl. The van der Waals surface area contributed by atoms with Crippen LogP contribution in [0, 0.1) is 0 Å². The van der Waals surface area contributed by atoms with Gasteiger partial charge in [0.05, 0.1) is 11.6 Å². The first kappa shape index (κ1) is 28.1. The largest absolute Gasteiger partial charge is 0.392 e. The monoisotopic (exact) mass is 720 g/mol. The minimum absolute atomic E-state index is 0.00782. The Bertz CT molecular complexity index is 933. The summed E-state index contributed by atoms with van der Waals surface area (Å²) in [5.74, 6) is 0. The lowest BCUT2D eigenvalue weighted by molar-refractivity contribution is 0.112. The fourth-order valence-corrected chi connectivity index (χ4v) is 4.72.